The Bertz CT molecular complexity index is 524. The fraction of sp³-hybridized carbons (Fsp3) is 0.533. The molecule has 6 heteroatoms. The molecule has 3 atom stereocenters. The molecule has 0 spiro atoms. The lowest BCUT2D eigenvalue weighted by atomic mass is 10.1. The third kappa shape index (κ3) is 3.06. The van der Waals surface area contributed by atoms with E-state index in [1.165, 1.54) is 6.07 Å². The summed E-state index contributed by atoms with van der Waals surface area (Å²) >= 11 is 0. The Morgan fingerprint density at radius 3 is 2.67 bits per heavy atom. The maximum Gasteiger partial charge on any atom is 0.241 e. The van der Waals surface area contributed by atoms with E-state index in [9.17, 15) is 13.6 Å². The molecule has 0 aromatic heterocycles. The first-order chi connectivity index (χ1) is 9.99. The second-order valence-electron chi connectivity index (χ2n) is 5.25. The number of carbonyl (C=O) groups excluding carboxylic acids is 1. The van der Waals surface area contributed by atoms with E-state index >= 15 is 0 Å². The largest absolute Gasteiger partial charge is 0.383 e. The second-order valence-corrected chi connectivity index (χ2v) is 5.25. The van der Waals surface area contributed by atoms with Crippen molar-refractivity contribution in [2.75, 3.05) is 13.7 Å². The van der Waals surface area contributed by atoms with Gasteiger partial charge in [-0.25, -0.2) is 8.78 Å². The van der Waals surface area contributed by atoms with Crippen LogP contribution in [0.15, 0.2) is 18.2 Å². The zero-order chi connectivity index (χ0) is 15.6. The standard InChI is InChI=1S/C15H20F2N2O2/c1-4-13-15(20)19(9(2)8-21-3)14(18-13)10-5-6-11(16)12(17)7-10/h5-7,9,13-14,18H,4,8H2,1-3H3. The normalized spacial score (nSPS) is 23.7. The molecule has 1 aliphatic heterocycles. The molecule has 0 saturated carbocycles. The minimum absolute atomic E-state index is 0.0446. The number of hydrogen-bond donors (Lipinski definition) is 1. The lowest BCUT2D eigenvalue weighted by Crippen LogP contribution is -2.40. The highest BCUT2D eigenvalue weighted by molar-refractivity contribution is 5.84. The maximum absolute atomic E-state index is 13.5. The number of nitrogens with one attached hydrogen (secondary N) is 1. The van der Waals surface area contributed by atoms with Crippen LogP contribution in [0.25, 0.3) is 0 Å². The van der Waals surface area contributed by atoms with Crippen molar-refractivity contribution in [2.24, 2.45) is 0 Å². The molecule has 0 aliphatic carbocycles. The third-order valence-corrected chi connectivity index (χ3v) is 3.74. The monoisotopic (exact) mass is 298 g/mol. The minimum Gasteiger partial charge on any atom is -0.383 e. The quantitative estimate of drug-likeness (QED) is 0.906. The van der Waals surface area contributed by atoms with Crippen LogP contribution in [-0.2, 0) is 9.53 Å². The lowest BCUT2D eigenvalue weighted by Gasteiger charge is -2.30. The molecular weight excluding hydrogens is 278 g/mol. The van der Waals surface area contributed by atoms with Gasteiger partial charge in [0.2, 0.25) is 5.91 Å². The number of rotatable bonds is 5. The van der Waals surface area contributed by atoms with Gasteiger partial charge in [-0.15, -0.1) is 0 Å². The molecule has 1 heterocycles. The number of amides is 1. The number of halogens is 2. The molecular formula is C15H20F2N2O2. The van der Waals surface area contributed by atoms with Gasteiger partial charge in [-0.05, 0) is 31.0 Å². The smallest absolute Gasteiger partial charge is 0.241 e. The predicted molar refractivity (Wildman–Crippen MR) is 74.5 cm³/mol. The summed E-state index contributed by atoms with van der Waals surface area (Å²) in [5.41, 5.74) is 0.529. The van der Waals surface area contributed by atoms with E-state index in [0.717, 1.165) is 12.1 Å². The van der Waals surface area contributed by atoms with Gasteiger partial charge in [-0.2, -0.15) is 0 Å². The molecule has 4 nitrogen and oxygen atoms in total. The third-order valence-electron chi connectivity index (χ3n) is 3.74. The SMILES string of the molecule is CCC1NC(c2ccc(F)c(F)c2)N(C(C)COC)C1=O. The summed E-state index contributed by atoms with van der Waals surface area (Å²) in [4.78, 5) is 14.1. The Hall–Kier alpha value is -1.53. The number of hydrogen-bond acceptors (Lipinski definition) is 3. The molecule has 1 amide bonds. The van der Waals surface area contributed by atoms with E-state index in [1.54, 1.807) is 12.0 Å². The van der Waals surface area contributed by atoms with Gasteiger partial charge in [0.15, 0.2) is 11.6 Å². The van der Waals surface area contributed by atoms with Crippen molar-refractivity contribution in [3.63, 3.8) is 0 Å². The predicted octanol–water partition coefficient (Wildman–Crippen LogP) is 2.21. The van der Waals surface area contributed by atoms with Crippen molar-refractivity contribution < 1.29 is 18.3 Å². The summed E-state index contributed by atoms with van der Waals surface area (Å²) in [5, 5.41) is 3.17. The topological polar surface area (TPSA) is 41.6 Å². The zero-order valence-corrected chi connectivity index (χ0v) is 12.4. The van der Waals surface area contributed by atoms with Gasteiger partial charge in [0, 0.05) is 7.11 Å². The number of carbonyl (C=O) groups is 1. The summed E-state index contributed by atoms with van der Waals surface area (Å²) in [7, 11) is 1.56. The average Bonchev–Trinajstić information content (AvgIpc) is 2.79. The van der Waals surface area contributed by atoms with Crippen molar-refractivity contribution >= 4 is 5.91 Å². The zero-order valence-electron chi connectivity index (χ0n) is 12.4. The summed E-state index contributed by atoms with van der Waals surface area (Å²) in [6, 6.07) is 3.22. The van der Waals surface area contributed by atoms with Crippen LogP contribution in [-0.4, -0.2) is 36.6 Å². The highest BCUT2D eigenvalue weighted by Crippen LogP contribution is 2.29. The van der Waals surface area contributed by atoms with Gasteiger partial charge in [-0.1, -0.05) is 13.0 Å². The van der Waals surface area contributed by atoms with Crippen LogP contribution in [0, 0.1) is 11.6 Å². The fourth-order valence-electron chi connectivity index (χ4n) is 2.67. The van der Waals surface area contributed by atoms with Crippen LogP contribution in [0.1, 0.15) is 32.0 Å². The van der Waals surface area contributed by atoms with Crippen molar-refractivity contribution in [3.05, 3.63) is 35.4 Å². The molecule has 116 valence electrons. The summed E-state index contributed by atoms with van der Waals surface area (Å²) in [6.07, 6.45) is 0.164. The van der Waals surface area contributed by atoms with Gasteiger partial charge in [0.1, 0.15) is 6.17 Å². The van der Waals surface area contributed by atoms with Gasteiger partial charge < -0.3 is 9.64 Å². The molecule has 0 bridgehead atoms. The molecule has 0 radical (unpaired) electrons. The molecule has 1 N–H and O–H groups in total. The van der Waals surface area contributed by atoms with Crippen molar-refractivity contribution in [2.45, 2.75) is 38.5 Å². The number of methoxy groups -OCH3 is 1. The van der Waals surface area contributed by atoms with Crippen molar-refractivity contribution in [1.82, 2.24) is 10.2 Å². The first-order valence-electron chi connectivity index (χ1n) is 7.01. The lowest BCUT2D eigenvalue weighted by molar-refractivity contribution is -0.133. The van der Waals surface area contributed by atoms with Gasteiger partial charge >= 0.3 is 0 Å². The van der Waals surface area contributed by atoms with E-state index in [2.05, 4.69) is 5.32 Å². The van der Waals surface area contributed by atoms with Crippen LogP contribution in [0.5, 0.6) is 0 Å². The molecule has 1 aliphatic rings. The number of benzene rings is 1. The molecule has 21 heavy (non-hydrogen) atoms. The van der Waals surface area contributed by atoms with Crippen LogP contribution in [0.2, 0.25) is 0 Å². The van der Waals surface area contributed by atoms with Crippen LogP contribution in [0.3, 0.4) is 0 Å². The summed E-state index contributed by atoms with van der Waals surface area (Å²) < 4.78 is 31.6. The van der Waals surface area contributed by atoms with Gasteiger partial charge in [0.05, 0.1) is 18.7 Å². The maximum atomic E-state index is 13.5. The highest BCUT2D eigenvalue weighted by atomic mass is 19.2. The highest BCUT2D eigenvalue weighted by Gasteiger charge is 2.41. The second kappa shape index (κ2) is 6.49. The molecule has 1 fully saturated rings. The van der Waals surface area contributed by atoms with Crippen LogP contribution in [0.4, 0.5) is 8.78 Å². The van der Waals surface area contributed by atoms with Crippen LogP contribution >= 0.6 is 0 Å². The number of nitrogens with zero attached hydrogens (tertiary/aromatic N) is 1. The molecule has 1 aromatic carbocycles. The molecule has 1 saturated heterocycles. The van der Waals surface area contributed by atoms with E-state index < -0.39 is 17.8 Å². The molecule has 3 unspecified atom stereocenters. The Balaban J connectivity index is 2.33. The van der Waals surface area contributed by atoms with E-state index in [1.807, 2.05) is 13.8 Å². The first-order valence-corrected chi connectivity index (χ1v) is 7.01. The molecule has 1 aromatic rings. The van der Waals surface area contributed by atoms with E-state index in [0.29, 0.717) is 18.6 Å². The van der Waals surface area contributed by atoms with Crippen molar-refractivity contribution in [3.8, 4) is 0 Å². The molecule has 2 rings (SSSR count). The van der Waals surface area contributed by atoms with Gasteiger partial charge in [-0.3, -0.25) is 10.1 Å². The van der Waals surface area contributed by atoms with E-state index in [4.69, 9.17) is 4.74 Å². The average molecular weight is 298 g/mol. The first kappa shape index (κ1) is 15.9. The minimum atomic E-state index is -0.916. The van der Waals surface area contributed by atoms with Crippen LogP contribution < -0.4 is 5.32 Å². The number of ether oxygens (including phenoxy) is 1. The Morgan fingerprint density at radius 1 is 1.38 bits per heavy atom. The Kier molecular flexibility index (Phi) is 4.90. The summed E-state index contributed by atoms with van der Waals surface area (Å²) in [5.74, 6) is -1.86. The van der Waals surface area contributed by atoms with Gasteiger partial charge in [0.25, 0.3) is 0 Å². The fourth-order valence-corrected chi connectivity index (χ4v) is 2.67. The Morgan fingerprint density at radius 2 is 2.10 bits per heavy atom. The summed E-state index contributed by atoms with van der Waals surface area (Å²) in [6.45, 7) is 4.15. The van der Waals surface area contributed by atoms with E-state index in [-0.39, 0.29) is 18.0 Å². The van der Waals surface area contributed by atoms with Crippen molar-refractivity contribution in [1.29, 1.82) is 0 Å². The Labute approximate surface area is 123 Å².